The van der Waals surface area contributed by atoms with Crippen LogP contribution in [0, 0.1) is 0 Å². The van der Waals surface area contributed by atoms with Crippen molar-refractivity contribution in [3.05, 3.63) is 0 Å². The lowest BCUT2D eigenvalue weighted by Gasteiger charge is -2.19. The van der Waals surface area contributed by atoms with E-state index in [1.54, 1.807) is 7.11 Å². The average molecular weight is 203 g/mol. The monoisotopic (exact) mass is 203 g/mol. The van der Waals surface area contributed by atoms with Gasteiger partial charge in [-0.25, -0.2) is 0 Å². The van der Waals surface area contributed by atoms with Gasteiger partial charge in [0, 0.05) is 13.5 Å². The van der Waals surface area contributed by atoms with Crippen LogP contribution in [0.4, 0.5) is 0 Å². The van der Waals surface area contributed by atoms with Crippen molar-refractivity contribution >= 4 is 11.9 Å². The fraction of sp³-hybridized carbons (Fsp3) is 0.778. The zero-order valence-electron chi connectivity index (χ0n) is 8.74. The molecule has 0 aromatic carbocycles. The molecule has 0 rings (SSSR count). The summed E-state index contributed by atoms with van der Waals surface area (Å²) in [5.41, 5.74) is 0. The number of hydrogen-bond acceptors (Lipinski definition) is 3. The third-order valence-electron chi connectivity index (χ3n) is 2.03. The van der Waals surface area contributed by atoms with Gasteiger partial charge in [-0.3, -0.25) is 9.59 Å². The molecule has 1 amide bonds. The molecule has 5 heteroatoms. The summed E-state index contributed by atoms with van der Waals surface area (Å²) in [6.45, 7) is 3.65. The van der Waals surface area contributed by atoms with Crippen molar-refractivity contribution in [2.75, 3.05) is 7.11 Å². The molecule has 0 aromatic heterocycles. The van der Waals surface area contributed by atoms with E-state index in [1.165, 1.54) is 0 Å². The predicted molar refractivity (Wildman–Crippen MR) is 50.9 cm³/mol. The lowest BCUT2D eigenvalue weighted by Crippen LogP contribution is -2.40. The molecule has 0 spiro atoms. The van der Waals surface area contributed by atoms with E-state index in [2.05, 4.69) is 5.32 Å². The standard InChI is InChI=1S/C9H17NO4/c1-6(7(2)14-3)10-8(11)4-5-9(12)13/h6-7H,4-5H2,1-3H3,(H,10,11)(H,12,13)/t6-,7?/m0/s1. The summed E-state index contributed by atoms with van der Waals surface area (Å²) >= 11 is 0. The Morgan fingerprint density at radius 2 is 1.93 bits per heavy atom. The second-order valence-electron chi connectivity index (χ2n) is 3.19. The molecule has 0 bridgehead atoms. The summed E-state index contributed by atoms with van der Waals surface area (Å²) in [4.78, 5) is 21.3. The van der Waals surface area contributed by atoms with Gasteiger partial charge in [-0.05, 0) is 13.8 Å². The number of carbonyl (C=O) groups is 2. The molecule has 0 aliphatic heterocycles. The van der Waals surface area contributed by atoms with Gasteiger partial charge >= 0.3 is 5.97 Å². The number of amides is 1. The Kier molecular flexibility index (Phi) is 5.87. The normalized spacial score (nSPS) is 14.5. The summed E-state index contributed by atoms with van der Waals surface area (Å²) in [6.07, 6.45) is -0.209. The van der Waals surface area contributed by atoms with Gasteiger partial charge in [0.1, 0.15) is 0 Å². The summed E-state index contributed by atoms with van der Waals surface area (Å²) < 4.78 is 5.01. The van der Waals surface area contributed by atoms with Crippen LogP contribution in [-0.4, -0.2) is 36.2 Å². The maximum absolute atomic E-state index is 11.1. The molecule has 0 heterocycles. The van der Waals surface area contributed by atoms with Crippen molar-refractivity contribution in [1.82, 2.24) is 5.32 Å². The Labute approximate surface area is 83.4 Å². The molecule has 0 aromatic rings. The van der Waals surface area contributed by atoms with E-state index in [4.69, 9.17) is 9.84 Å². The number of carbonyl (C=O) groups excluding carboxylic acids is 1. The lowest BCUT2D eigenvalue weighted by atomic mass is 10.2. The molecular formula is C9H17NO4. The number of carboxylic acid groups (broad SMARTS) is 1. The van der Waals surface area contributed by atoms with Crippen molar-refractivity contribution in [2.24, 2.45) is 0 Å². The second kappa shape index (κ2) is 6.37. The minimum Gasteiger partial charge on any atom is -0.481 e. The van der Waals surface area contributed by atoms with E-state index in [0.29, 0.717) is 0 Å². The van der Waals surface area contributed by atoms with Crippen LogP contribution in [0.1, 0.15) is 26.7 Å². The Hall–Kier alpha value is -1.10. The zero-order valence-corrected chi connectivity index (χ0v) is 8.74. The summed E-state index contributed by atoms with van der Waals surface area (Å²) in [5.74, 6) is -1.23. The van der Waals surface area contributed by atoms with Crippen molar-refractivity contribution in [1.29, 1.82) is 0 Å². The number of carboxylic acids is 1. The Morgan fingerprint density at radius 1 is 1.36 bits per heavy atom. The highest BCUT2D eigenvalue weighted by molar-refractivity contribution is 5.80. The van der Waals surface area contributed by atoms with E-state index in [9.17, 15) is 9.59 Å². The second-order valence-corrected chi connectivity index (χ2v) is 3.19. The lowest BCUT2D eigenvalue weighted by molar-refractivity contribution is -0.139. The molecule has 5 nitrogen and oxygen atoms in total. The first-order valence-electron chi connectivity index (χ1n) is 4.51. The van der Waals surface area contributed by atoms with Gasteiger partial charge in [0.2, 0.25) is 5.91 Å². The fourth-order valence-corrected chi connectivity index (χ4v) is 0.868. The van der Waals surface area contributed by atoms with Crippen LogP contribution in [0.15, 0.2) is 0 Å². The van der Waals surface area contributed by atoms with Crippen molar-refractivity contribution in [3.63, 3.8) is 0 Å². The molecule has 2 N–H and O–H groups in total. The van der Waals surface area contributed by atoms with E-state index in [-0.39, 0.29) is 30.9 Å². The minimum absolute atomic E-state index is 0.0100. The zero-order chi connectivity index (χ0) is 11.1. The summed E-state index contributed by atoms with van der Waals surface area (Å²) in [7, 11) is 1.56. The number of rotatable bonds is 6. The van der Waals surface area contributed by atoms with Gasteiger partial charge in [0.15, 0.2) is 0 Å². The van der Waals surface area contributed by atoms with Crippen LogP contribution in [0.25, 0.3) is 0 Å². The minimum atomic E-state index is -0.965. The maximum Gasteiger partial charge on any atom is 0.303 e. The molecule has 1 unspecified atom stereocenters. The Bertz CT molecular complexity index is 205. The van der Waals surface area contributed by atoms with E-state index in [0.717, 1.165) is 0 Å². The van der Waals surface area contributed by atoms with Gasteiger partial charge in [-0.15, -0.1) is 0 Å². The van der Waals surface area contributed by atoms with Gasteiger partial charge in [0.25, 0.3) is 0 Å². The maximum atomic E-state index is 11.1. The Morgan fingerprint density at radius 3 is 2.36 bits per heavy atom. The molecule has 0 aliphatic carbocycles. The highest BCUT2D eigenvalue weighted by Gasteiger charge is 2.14. The van der Waals surface area contributed by atoms with E-state index >= 15 is 0 Å². The largest absolute Gasteiger partial charge is 0.481 e. The van der Waals surface area contributed by atoms with Gasteiger partial charge in [0.05, 0.1) is 18.6 Å². The summed E-state index contributed by atoms with van der Waals surface area (Å²) in [5, 5.41) is 11.0. The molecule has 0 saturated heterocycles. The first-order chi connectivity index (χ1) is 6.47. The van der Waals surface area contributed by atoms with Crippen molar-refractivity contribution in [2.45, 2.75) is 38.8 Å². The average Bonchev–Trinajstić information content (AvgIpc) is 2.13. The molecule has 82 valence electrons. The predicted octanol–water partition coefficient (Wildman–Crippen LogP) is 0.391. The third kappa shape index (κ3) is 5.53. The van der Waals surface area contributed by atoms with Crippen LogP contribution in [0.2, 0.25) is 0 Å². The fourth-order valence-electron chi connectivity index (χ4n) is 0.868. The van der Waals surface area contributed by atoms with Crippen LogP contribution < -0.4 is 5.32 Å². The van der Waals surface area contributed by atoms with Crippen LogP contribution in [0.3, 0.4) is 0 Å². The van der Waals surface area contributed by atoms with Crippen LogP contribution in [-0.2, 0) is 14.3 Å². The molecule has 0 radical (unpaired) electrons. The molecular weight excluding hydrogens is 186 g/mol. The highest BCUT2D eigenvalue weighted by atomic mass is 16.5. The Balaban J connectivity index is 3.76. The van der Waals surface area contributed by atoms with Crippen molar-refractivity contribution in [3.8, 4) is 0 Å². The highest BCUT2D eigenvalue weighted by Crippen LogP contribution is 1.97. The SMILES string of the molecule is COC(C)[C@H](C)NC(=O)CCC(=O)O. The number of hydrogen-bond donors (Lipinski definition) is 2. The molecule has 14 heavy (non-hydrogen) atoms. The van der Waals surface area contributed by atoms with E-state index < -0.39 is 5.97 Å². The van der Waals surface area contributed by atoms with Gasteiger partial charge in [-0.2, -0.15) is 0 Å². The van der Waals surface area contributed by atoms with Crippen LogP contribution in [0.5, 0.6) is 0 Å². The molecule has 2 atom stereocenters. The topological polar surface area (TPSA) is 75.6 Å². The molecule has 0 saturated carbocycles. The van der Waals surface area contributed by atoms with Crippen molar-refractivity contribution < 1.29 is 19.4 Å². The van der Waals surface area contributed by atoms with Crippen LogP contribution >= 0.6 is 0 Å². The molecule has 0 aliphatic rings. The molecule has 0 fully saturated rings. The smallest absolute Gasteiger partial charge is 0.303 e. The van der Waals surface area contributed by atoms with E-state index in [1.807, 2.05) is 13.8 Å². The number of ether oxygens (including phenoxy) is 1. The summed E-state index contributed by atoms with van der Waals surface area (Å²) in [6, 6.07) is -0.110. The first kappa shape index (κ1) is 12.9. The number of nitrogens with one attached hydrogen (secondary N) is 1. The quantitative estimate of drug-likeness (QED) is 0.654. The third-order valence-corrected chi connectivity index (χ3v) is 2.03. The first-order valence-corrected chi connectivity index (χ1v) is 4.51. The number of methoxy groups -OCH3 is 1. The number of aliphatic carboxylic acids is 1. The van der Waals surface area contributed by atoms with Gasteiger partial charge in [-0.1, -0.05) is 0 Å². The van der Waals surface area contributed by atoms with Gasteiger partial charge < -0.3 is 15.2 Å².